The molecule has 1 aromatic carbocycles. The lowest BCUT2D eigenvalue weighted by Crippen LogP contribution is -2.23. The van der Waals surface area contributed by atoms with E-state index in [9.17, 15) is 4.79 Å². The number of amides is 1. The third-order valence-corrected chi connectivity index (χ3v) is 2.79. The van der Waals surface area contributed by atoms with Gasteiger partial charge in [0.05, 0.1) is 17.2 Å². The minimum Gasteiger partial charge on any atom is -0.348 e. The maximum absolute atomic E-state index is 12.0. The highest BCUT2D eigenvalue weighted by atomic mass is 16.1. The van der Waals surface area contributed by atoms with Gasteiger partial charge in [-0.05, 0) is 36.8 Å². The van der Waals surface area contributed by atoms with Crippen LogP contribution in [0.25, 0.3) is 0 Å². The Hall–Kier alpha value is -2.67. The van der Waals surface area contributed by atoms with E-state index in [0.717, 1.165) is 5.56 Å². The van der Waals surface area contributed by atoms with Crippen LogP contribution < -0.4 is 5.32 Å². The van der Waals surface area contributed by atoms with Gasteiger partial charge < -0.3 is 5.32 Å². The van der Waals surface area contributed by atoms with E-state index in [1.54, 1.807) is 37.4 Å². The molecule has 1 N–H and O–H groups in total. The highest BCUT2D eigenvalue weighted by Gasteiger charge is 2.08. The van der Waals surface area contributed by atoms with Crippen LogP contribution in [0.4, 0.5) is 0 Å². The van der Waals surface area contributed by atoms with Gasteiger partial charge in [0.15, 0.2) is 0 Å². The quantitative estimate of drug-likeness (QED) is 0.909. The molecule has 2 aromatic rings. The maximum atomic E-state index is 12.0. The van der Waals surface area contributed by atoms with Crippen molar-refractivity contribution in [2.75, 3.05) is 0 Å². The lowest BCUT2D eigenvalue weighted by molar-refractivity contribution is 0.0950. The highest BCUT2D eigenvalue weighted by molar-refractivity contribution is 5.95. The summed E-state index contributed by atoms with van der Waals surface area (Å²) in [5.74, 6) is -0.144. The molecule has 1 amide bonds. The van der Waals surface area contributed by atoms with Crippen LogP contribution in [0.3, 0.4) is 0 Å². The van der Waals surface area contributed by atoms with Crippen molar-refractivity contribution in [3.05, 3.63) is 65.0 Å². The number of nitrogens with one attached hydrogen (secondary N) is 1. The molecule has 4 heteroatoms. The monoisotopic (exact) mass is 251 g/mol. The third-order valence-electron chi connectivity index (χ3n) is 2.79. The summed E-state index contributed by atoms with van der Waals surface area (Å²) in [6.07, 6.45) is 1.66. The van der Waals surface area contributed by atoms with Gasteiger partial charge in [0.2, 0.25) is 0 Å². The van der Waals surface area contributed by atoms with Crippen LogP contribution in [0, 0.1) is 18.3 Å². The average molecular weight is 251 g/mol. The zero-order valence-corrected chi connectivity index (χ0v) is 10.6. The van der Waals surface area contributed by atoms with Crippen LogP contribution in [0.1, 0.15) is 27.2 Å². The van der Waals surface area contributed by atoms with Crippen LogP contribution >= 0.6 is 0 Å². The summed E-state index contributed by atoms with van der Waals surface area (Å²) in [5, 5.41) is 11.5. The number of nitrogens with zero attached hydrogens (tertiary/aromatic N) is 2. The summed E-state index contributed by atoms with van der Waals surface area (Å²) in [4.78, 5) is 16.0. The molecule has 0 radical (unpaired) electrons. The largest absolute Gasteiger partial charge is 0.348 e. The average Bonchev–Trinajstić information content (AvgIpc) is 2.46. The first-order chi connectivity index (χ1) is 9.20. The predicted octanol–water partition coefficient (Wildman–Crippen LogP) is 2.19. The van der Waals surface area contributed by atoms with Gasteiger partial charge >= 0.3 is 0 Å². The fourth-order valence-corrected chi connectivity index (χ4v) is 1.70. The standard InChI is InChI=1S/C15H13N3O/c1-11-14(3-2-8-17-11)15(19)18-10-13-6-4-12(9-16)5-7-13/h2-8H,10H2,1H3,(H,18,19). The number of nitriles is 1. The second-order valence-electron chi connectivity index (χ2n) is 4.13. The first-order valence-corrected chi connectivity index (χ1v) is 5.89. The van der Waals surface area contributed by atoms with Gasteiger partial charge in [-0.3, -0.25) is 9.78 Å². The molecule has 1 aromatic heterocycles. The molecular weight excluding hydrogens is 238 g/mol. The zero-order valence-electron chi connectivity index (χ0n) is 10.6. The minimum absolute atomic E-state index is 0.144. The number of hydrogen-bond donors (Lipinski definition) is 1. The lowest BCUT2D eigenvalue weighted by Gasteiger charge is -2.07. The molecule has 0 fully saturated rings. The normalized spacial score (nSPS) is 9.68. The molecule has 4 nitrogen and oxygen atoms in total. The lowest BCUT2D eigenvalue weighted by atomic mass is 10.1. The third kappa shape index (κ3) is 3.17. The summed E-state index contributed by atoms with van der Waals surface area (Å²) in [6, 6.07) is 12.7. The molecule has 0 aliphatic heterocycles. The number of aromatic nitrogens is 1. The van der Waals surface area contributed by atoms with Crippen molar-refractivity contribution in [3.63, 3.8) is 0 Å². The molecule has 0 saturated carbocycles. The topological polar surface area (TPSA) is 65.8 Å². The number of rotatable bonds is 3. The molecule has 0 spiro atoms. The van der Waals surface area contributed by atoms with Gasteiger partial charge in [0.1, 0.15) is 0 Å². The van der Waals surface area contributed by atoms with Crippen LogP contribution in [-0.2, 0) is 6.54 Å². The van der Waals surface area contributed by atoms with Crippen LogP contribution in [0.15, 0.2) is 42.6 Å². The minimum atomic E-state index is -0.144. The van der Waals surface area contributed by atoms with E-state index in [2.05, 4.69) is 16.4 Å². The molecule has 19 heavy (non-hydrogen) atoms. The summed E-state index contributed by atoms with van der Waals surface area (Å²) < 4.78 is 0. The predicted molar refractivity (Wildman–Crippen MR) is 71.3 cm³/mol. The van der Waals surface area contributed by atoms with Gasteiger partial charge in [-0.1, -0.05) is 12.1 Å². The van der Waals surface area contributed by atoms with Gasteiger partial charge in [-0.15, -0.1) is 0 Å². The van der Waals surface area contributed by atoms with Crippen LogP contribution in [0.2, 0.25) is 0 Å². The highest BCUT2D eigenvalue weighted by Crippen LogP contribution is 2.06. The zero-order chi connectivity index (χ0) is 13.7. The molecule has 0 atom stereocenters. The van der Waals surface area contributed by atoms with Crippen molar-refractivity contribution in [1.29, 1.82) is 5.26 Å². The van der Waals surface area contributed by atoms with Gasteiger partial charge in [0, 0.05) is 18.4 Å². The van der Waals surface area contributed by atoms with Crippen molar-refractivity contribution < 1.29 is 4.79 Å². The van der Waals surface area contributed by atoms with Crippen LogP contribution in [-0.4, -0.2) is 10.9 Å². The number of carbonyl (C=O) groups is 1. The number of pyridine rings is 1. The first-order valence-electron chi connectivity index (χ1n) is 5.89. The molecule has 0 unspecified atom stereocenters. The number of hydrogen-bond acceptors (Lipinski definition) is 3. The molecular formula is C15H13N3O. The molecule has 1 heterocycles. The van der Waals surface area contributed by atoms with Gasteiger partial charge in [-0.2, -0.15) is 5.26 Å². The van der Waals surface area contributed by atoms with E-state index < -0.39 is 0 Å². The van der Waals surface area contributed by atoms with E-state index in [0.29, 0.717) is 23.4 Å². The van der Waals surface area contributed by atoms with E-state index in [1.807, 2.05) is 12.1 Å². The summed E-state index contributed by atoms with van der Waals surface area (Å²) in [5.41, 5.74) is 2.85. The molecule has 0 saturated heterocycles. The van der Waals surface area contributed by atoms with E-state index >= 15 is 0 Å². The first kappa shape index (κ1) is 12.8. The number of carbonyl (C=O) groups excluding carboxylic acids is 1. The molecule has 0 bridgehead atoms. The van der Waals surface area contributed by atoms with Crippen molar-refractivity contribution in [2.24, 2.45) is 0 Å². The number of aryl methyl sites for hydroxylation is 1. The van der Waals surface area contributed by atoms with E-state index in [4.69, 9.17) is 5.26 Å². The smallest absolute Gasteiger partial charge is 0.253 e. The molecule has 2 rings (SSSR count). The Kier molecular flexibility index (Phi) is 3.89. The maximum Gasteiger partial charge on any atom is 0.253 e. The Morgan fingerprint density at radius 3 is 2.68 bits per heavy atom. The molecule has 94 valence electrons. The summed E-state index contributed by atoms with van der Waals surface area (Å²) in [6.45, 7) is 2.23. The Balaban J connectivity index is 2.01. The fourth-order valence-electron chi connectivity index (χ4n) is 1.70. The van der Waals surface area contributed by atoms with Crippen molar-refractivity contribution >= 4 is 5.91 Å². The van der Waals surface area contributed by atoms with Crippen LogP contribution in [0.5, 0.6) is 0 Å². The summed E-state index contributed by atoms with van der Waals surface area (Å²) in [7, 11) is 0. The van der Waals surface area contributed by atoms with Crippen molar-refractivity contribution in [1.82, 2.24) is 10.3 Å². The Bertz CT molecular complexity index is 627. The van der Waals surface area contributed by atoms with Crippen molar-refractivity contribution in [2.45, 2.75) is 13.5 Å². The van der Waals surface area contributed by atoms with Gasteiger partial charge in [0.25, 0.3) is 5.91 Å². The SMILES string of the molecule is Cc1ncccc1C(=O)NCc1ccc(C#N)cc1. The number of benzene rings is 1. The van der Waals surface area contributed by atoms with E-state index in [1.165, 1.54) is 0 Å². The van der Waals surface area contributed by atoms with Crippen molar-refractivity contribution in [3.8, 4) is 6.07 Å². The second-order valence-corrected chi connectivity index (χ2v) is 4.13. The Morgan fingerprint density at radius 1 is 1.32 bits per heavy atom. The fraction of sp³-hybridized carbons (Fsp3) is 0.133. The Labute approximate surface area is 111 Å². The van der Waals surface area contributed by atoms with Gasteiger partial charge in [-0.25, -0.2) is 0 Å². The Morgan fingerprint density at radius 2 is 2.05 bits per heavy atom. The van der Waals surface area contributed by atoms with E-state index in [-0.39, 0.29) is 5.91 Å². The second kappa shape index (κ2) is 5.78. The molecule has 0 aliphatic rings. The molecule has 0 aliphatic carbocycles. The summed E-state index contributed by atoms with van der Waals surface area (Å²) >= 11 is 0.